The molecule has 2 aromatic rings. The minimum Gasteiger partial charge on any atom is -0.327 e. The van der Waals surface area contributed by atoms with Crippen LogP contribution in [0.1, 0.15) is 28.8 Å². The van der Waals surface area contributed by atoms with Crippen molar-refractivity contribution in [2.75, 3.05) is 0 Å². The number of aromatic nitrogens is 2. The molecule has 2 atom stereocenters. The highest BCUT2D eigenvalue weighted by atomic mass is 35.5. The number of nitrogens with two attached hydrogens (primary N) is 1. The van der Waals surface area contributed by atoms with Gasteiger partial charge in [-0.15, -0.1) is 0 Å². The van der Waals surface area contributed by atoms with Crippen LogP contribution >= 0.6 is 11.6 Å². The van der Waals surface area contributed by atoms with Crippen LogP contribution in [0.15, 0.2) is 24.3 Å². The average molecular weight is 304 g/mol. The van der Waals surface area contributed by atoms with E-state index < -0.39 is 0 Å². The van der Waals surface area contributed by atoms with Gasteiger partial charge in [-0.05, 0) is 49.7 Å². The molecule has 0 aliphatic heterocycles. The van der Waals surface area contributed by atoms with Crippen molar-refractivity contribution in [2.24, 2.45) is 18.7 Å². The zero-order valence-corrected chi connectivity index (χ0v) is 13.4. The standard InChI is InChI=1S/C17H22ClN3/c1-11-15(17(18)21(2)20-11)10-16(19)14-8-7-12-5-3-4-6-13(12)9-14/h3-6,14,16H,7-10,19H2,1-2H3. The molecule has 3 nitrogen and oxygen atoms in total. The van der Waals surface area contributed by atoms with E-state index in [2.05, 4.69) is 29.4 Å². The largest absolute Gasteiger partial charge is 0.327 e. The molecule has 2 N–H and O–H groups in total. The Kier molecular flexibility index (Phi) is 4.05. The Morgan fingerprint density at radius 3 is 2.76 bits per heavy atom. The Hall–Kier alpha value is -1.32. The fourth-order valence-corrected chi connectivity index (χ4v) is 3.65. The van der Waals surface area contributed by atoms with Gasteiger partial charge in [0.15, 0.2) is 0 Å². The van der Waals surface area contributed by atoms with Crippen LogP contribution in [0.2, 0.25) is 5.15 Å². The van der Waals surface area contributed by atoms with Gasteiger partial charge in [-0.2, -0.15) is 5.10 Å². The summed E-state index contributed by atoms with van der Waals surface area (Å²) in [6, 6.07) is 8.85. The van der Waals surface area contributed by atoms with Crippen LogP contribution < -0.4 is 5.73 Å². The maximum Gasteiger partial charge on any atom is 0.130 e. The van der Waals surface area contributed by atoms with Gasteiger partial charge >= 0.3 is 0 Å². The molecule has 0 saturated heterocycles. The van der Waals surface area contributed by atoms with E-state index in [1.165, 1.54) is 11.1 Å². The minimum atomic E-state index is 0.138. The van der Waals surface area contributed by atoms with Crippen LogP contribution in [0.25, 0.3) is 0 Å². The van der Waals surface area contributed by atoms with Gasteiger partial charge in [0.25, 0.3) is 0 Å². The molecule has 112 valence electrons. The predicted molar refractivity (Wildman–Crippen MR) is 86.6 cm³/mol. The molecule has 0 bridgehead atoms. The summed E-state index contributed by atoms with van der Waals surface area (Å²) in [5, 5.41) is 5.10. The summed E-state index contributed by atoms with van der Waals surface area (Å²) in [6.45, 7) is 2.00. The van der Waals surface area contributed by atoms with E-state index in [4.69, 9.17) is 17.3 Å². The molecule has 0 saturated carbocycles. The normalized spacial score (nSPS) is 19.3. The van der Waals surface area contributed by atoms with Gasteiger partial charge in [0, 0.05) is 18.7 Å². The third-order valence-corrected chi connectivity index (χ3v) is 5.17. The number of hydrogen-bond donors (Lipinski definition) is 1. The summed E-state index contributed by atoms with van der Waals surface area (Å²) in [5.41, 5.74) is 11.5. The van der Waals surface area contributed by atoms with Crippen LogP contribution in [-0.2, 0) is 26.3 Å². The van der Waals surface area contributed by atoms with E-state index >= 15 is 0 Å². The maximum atomic E-state index is 6.49. The van der Waals surface area contributed by atoms with Gasteiger partial charge in [-0.25, -0.2) is 0 Å². The lowest BCUT2D eigenvalue weighted by Gasteiger charge is -2.29. The predicted octanol–water partition coefficient (Wildman–Crippen LogP) is 3.06. The van der Waals surface area contributed by atoms with Crippen molar-refractivity contribution in [1.29, 1.82) is 0 Å². The monoisotopic (exact) mass is 303 g/mol. The summed E-state index contributed by atoms with van der Waals surface area (Å²) in [5.74, 6) is 0.524. The summed E-state index contributed by atoms with van der Waals surface area (Å²) in [4.78, 5) is 0. The van der Waals surface area contributed by atoms with Crippen molar-refractivity contribution < 1.29 is 0 Å². The number of rotatable bonds is 3. The Morgan fingerprint density at radius 2 is 2.10 bits per heavy atom. The summed E-state index contributed by atoms with van der Waals surface area (Å²) >= 11 is 6.32. The van der Waals surface area contributed by atoms with E-state index in [9.17, 15) is 0 Å². The first kappa shape index (κ1) is 14.6. The maximum absolute atomic E-state index is 6.49. The quantitative estimate of drug-likeness (QED) is 0.947. The van der Waals surface area contributed by atoms with Gasteiger partial charge < -0.3 is 5.73 Å². The van der Waals surface area contributed by atoms with Gasteiger partial charge in [0.2, 0.25) is 0 Å². The number of nitrogens with zero attached hydrogens (tertiary/aromatic N) is 2. The molecular weight excluding hydrogens is 282 g/mol. The molecule has 0 fully saturated rings. The van der Waals surface area contributed by atoms with Crippen LogP contribution in [0.4, 0.5) is 0 Å². The molecule has 1 aromatic carbocycles. The van der Waals surface area contributed by atoms with Crippen molar-refractivity contribution in [3.63, 3.8) is 0 Å². The molecule has 2 unspecified atom stereocenters. The molecule has 1 aromatic heterocycles. The lowest BCUT2D eigenvalue weighted by Crippen LogP contribution is -2.36. The number of benzene rings is 1. The van der Waals surface area contributed by atoms with Crippen molar-refractivity contribution in [3.05, 3.63) is 51.8 Å². The van der Waals surface area contributed by atoms with Gasteiger partial charge in [-0.3, -0.25) is 4.68 Å². The lowest BCUT2D eigenvalue weighted by atomic mass is 9.79. The summed E-state index contributed by atoms with van der Waals surface area (Å²) in [6.07, 6.45) is 4.18. The minimum absolute atomic E-state index is 0.138. The third kappa shape index (κ3) is 2.85. The molecule has 1 aliphatic rings. The highest BCUT2D eigenvalue weighted by molar-refractivity contribution is 6.30. The average Bonchev–Trinajstić information content (AvgIpc) is 2.73. The fraction of sp³-hybridized carbons (Fsp3) is 0.471. The molecule has 3 rings (SSSR count). The second kappa shape index (κ2) is 5.82. The van der Waals surface area contributed by atoms with Crippen molar-refractivity contribution >= 4 is 11.6 Å². The Morgan fingerprint density at radius 1 is 1.38 bits per heavy atom. The van der Waals surface area contributed by atoms with Crippen LogP contribution in [0.5, 0.6) is 0 Å². The number of halogens is 1. The van der Waals surface area contributed by atoms with E-state index in [1.807, 2.05) is 14.0 Å². The highest BCUT2D eigenvalue weighted by Gasteiger charge is 2.25. The van der Waals surface area contributed by atoms with Crippen LogP contribution in [-0.4, -0.2) is 15.8 Å². The van der Waals surface area contributed by atoms with Gasteiger partial charge in [0.05, 0.1) is 5.69 Å². The van der Waals surface area contributed by atoms with E-state index in [0.717, 1.165) is 42.1 Å². The van der Waals surface area contributed by atoms with Crippen LogP contribution in [0, 0.1) is 12.8 Å². The Labute approximate surface area is 131 Å². The van der Waals surface area contributed by atoms with Crippen molar-refractivity contribution in [1.82, 2.24) is 9.78 Å². The molecule has 0 radical (unpaired) electrons. The molecular formula is C17H22ClN3. The van der Waals surface area contributed by atoms with Gasteiger partial charge in [0.1, 0.15) is 5.15 Å². The number of fused-ring (bicyclic) bond motifs is 1. The molecule has 1 heterocycles. The fourth-order valence-electron chi connectivity index (χ4n) is 3.40. The Bertz CT molecular complexity index is 647. The zero-order chi connectivity index (χ0) is 15.0. The van der Waals surface area contributed by atoms with Crippen LogP contribution in [0.3, 0.4) is 0 Å². The molecule has 4 heteroatoms. The third-order valence-electron chi connectivity index (χ3n) is 4.70. The Balaban J connectivity index is 1.73. The first-order valence-electron chi connectivity index (χ1n) is 7.56. The van der Waals surface area contributed by atoms with Crippen molar-refractivity contribution in [3.8, 4) is 0 Å². The van der Waals surface area contributed by atoms with E-state index in [0.29, 0.717) is 5.92 Å². The summed E-state index contributed by atoms with van der Waals surface area (Å²) < 4.78 is 1.73. The number of hydrogen-bond acceptors (Lipinski definition) is 2. The summed E-state index contributed by atoms with van der Waals surface area (Å²) in [7, 11) is 1.88. The molecule has 1 aliphatic carbocycles. The molecule has 0 amide bonds. The smallest absolute Gasteiger partial charge is 0.130 e. The van der Waals surface area contributed by atoms with E-state index in [-0.39, 0.29) is 6.04 Å². The first-order chi connectivity index (χ1) is 10.1. The zero-order valence-electron chi connectivity index (χ0n) is 12.6. The number of aryl methyl sites for hydroxylation is 3. The lowest BCUT2D eigenvalue weighted by molar-refractivity contribution is 0.372. The first-order valence-corrected chi connectivity index (χ1v) is 7.94. The molecule has 0 spiro atoms. The van der Waals surface area contributed by atoms with E-state index in [1.54, 1.807) is 4.68 Å². The SMILES string of the molecule is Cc1nn(C)c(Cl)c1CC(N)C1CCc2ccccc2C1. The topological polar surface area (TPSA) is 43.8 Å². The molecule has 21 heavy (non-hydrogen) atoms. The highest BCUT2D eigenvalue weighted by Crippen LogP contribution is 2.29. The second-order valence-electron chi connectivity index (χ2n) is 6.12. The second-order valence-corrected chi connectivity index (χ2v) is 6.48. The van der Waals surface area contributed by atoms with Crippen molar-refractivity contribution in [2.45, 2.75) is 38.6 Å². The van der Waals surface area contributed by atoms with Gasteiger partial charge in [-0.1, -0.05) is 35.9 Å².